The topological polar surface area (TPSA) is 42.0 Å². The normalized spacial score (nSPS) is 10.4. The lowest BCUT2D eigenvalue weighted by molar-refractivity contribution is -0.111. The largest absolute Gasteiger partial charge is 0.321 e. The van der Waals surface area contributed by atoms with Crippen LogP contribution < -0.4 is 5.32 Å². The van der Waals surface area contributed by atoms with Gasteiger partial charge in [0.25, 0.3) is 0 Å². The van der Waals surface area contributed by atoms with Crippen LogP contribution in [0.1, 0.15) is 11.3 Å². The summed E-state index contributed by atoms with van der Waals surface area (Å²) in [6.07, 6.45) is 4.98. The van der Waals surface area contributed by atoms with Gasteiger partial charge in [0, 0.05) is 27.9 Å². The number of hydrogen-bond donors (Lipinski definition) is 1. The molecule has 3 rings (SSSR count). The Morgan fingerprint density at radius 1 is 1.04 bits per heavy atom. The van der Waals surface area contributed by atoms with Gasteiger partial charge in [-0.1, -0.05) is 48.0 Å². The second kappa shape index (κ2) is 10.8. The fourth-order valence-electron chi connectivity index (χ4n) is 2.28. The van der Waals surface area contributed by atoms with Gasteiger partial charge in [0.15, 0.2) is 0 Å². The van der Waals surface area contributed by atoms with Gasteiger partial charge in [-0.05, 0) is 42.0 Å². The average Bonchev–Trinajstić information content (AvgIpc) is 2.67. The first kappa shape index (κ1) is 21.0. The third-order valence-corrected chi connectivity index (χ3v) is 5.02. The number of hydrogen-bond acceptors (Lipinski definition) is 3. The predicted molar refractivity (Wildman–Crippen MR) is 117 cm³/mol. The molecule has 0 unspecified atom stereocenters. The monoisotopic (exact) mass is 416 g/mol. The zero-order valence-corrected chi connectivity index (χ0v) is 16.7. The number of pyridine rings is 1. The van der Waals surface area contributed by atoms with Gasteiger partial charge in [-0.15, -0.1) is 24.2 Å². The molecule has 0 radical (unpaired) electrons. The molecule has 0 saturated carbocycles. The third-order valence-electron chi connectivity index (χ3n) is 3.57. The van der Waals surface area contributed by atoms with Crippen molar-refractivity contribution in [3.63, 3.8) is 0 Å². The summed E-state index contributed by atoms with van der Waals surface area (Å²) in [4.78, 5) is 17.6. The Kier molecular flexibility index (Phi) is 8.40. The summed E-state index contributed by atoms with van der Waals surface area (Å²) in [6.45, 7) is 0. The van der Waals surface area contributed by atoms with Crippen LogP contribution in [-0.4, -0.2) is 10.9 Å². The van der Waals surface area contributed by atoms with E-state index in [0.717, 1.165) is 27.6 Å². The van der Waals surface area contributed by atoms with Crippen LogP contribution >= 0.6 is 35.8 Å². The molecule has 1 N–H and O–H groups in total. The highest BCUT2D eigenvalue weighted by Gasteiger charge is 2.06. The Labute approximate surface area is 174 Å². The third kappa shape index (κ3) is 6.43. The van der Waals surface area contributed by atoms with E-state index >= 15 is 0 Å². The summed E-state index contributed by atoms with van der Waals surface area (Å²) < 4.78 is 0. The van der Waals surface area contributed by atoms with Gasteiger partial charge >= 0.3 is 0 Å². The number of thioether (sulfide) groups is 1. The number of amides is 1. The van der Waals surface area contributed by atoms with E-state index in [1.807, 2.05) is 60.7 Å². The van der Waals surface area contributed by atoms with Crippen LogP contribution in [0, 0.1) is 0 Å². The summed E-state index contributed by atoms with van der Waals surface area (Å²) in [5, 5.41) is 3.54. The van der Waals surface area contributed by atoms with Crippen molar-refractivity contribution in [2.24, 2.45) is 0 Å². The van der Waals surface area contributed by atoms with Gasteiger partial charge in [0.2, 0.25) is 5.91 Å². The van der Waals surface area contributed by atoms with Gasteiger partial charge in [-0.3, -0.25) is 9.78 Å². The summed E-state index contributed by atoms with van der Waals surface area (Å²) in [5.41, 5.74) is 2.58. The Morgan fingerprint density at radius 3 is 2.56 bits per heavy atom. The molecule has 3 aromatic rings. The van der Waals surface area contributed by atoms with Crippen LogP contribution in [0.4, 0.5) is 5.69 Å². The second-order valence-corrected chi connectivity index (χ2v) is 6.87. The van der Waals surface area contributed by atoms with Crippen molar-refractivity contribution >= 4 is 53.4 Å². The molecule has 138 valence electrons. The molecule has 0 bridgehead atoms. The number of para-hydroxylation sites is 1. The molecule has 1 heterocycles. The first-order chi connectivity index (χ1) is 12.7. The number of carbonyl (C=O) groups excluding carboxylic acids is 1. The number of benzene rings is 2. The maximum absolute atomic E-state index is 12.3. The van der Waals surface area contributed by atoms with Crippen molar-refractivity contribution in [3.8, 4) is 0 Å². The lowest BCUT2D eigenvalue weighted by Crippen LogP contribution is -2.08. The second-order valence-electron chi connectivity index (χ2n) is 5.45. The number of nitrogens with one attached hydrogen (secondary N) is 1. The highest BCUT2D eigenvalue weighted by Crippen LogP contribution is 2.29. The number of nitrogens with zero attached hydrogens (tertiary/aromatic N) is 1. The summed E-state index contributed by atoms with van der Waals surface area (Å²) in [6, 6.07) is 21.0. The predicted octanol–water partition coefficient (Wildman–Crippen LogP) is 6.10. The van der Waals surface area contributed by atoms with E-state index in [2.05, 4.69) is 10.3 Å². The van der Waals surface area contributed by atoms with E-state index in [1.165, 1.54) is 6.08 Å². The SMILES string of the molecule is Cl.O=C(/C=C/c1ccccc1Cl)Nc1ccccc1SCc1ccccn1. The van der Waals surface area contributed by atoms with Crippen LogP contribution in [0.2, 0.25) is 5.02 Å². The zero-order valence-electron chi connectivity index (χ0n) is 14.3. The molecule has 3 nitrogen and oxygen atoms in total. The van der Waals surface area contributed by atoms with Crippen molar-refractivity contribution in [3.05, 3.63) is 95.3 Å². The molecular weight excluding hydrogens is 399 g/mol. The lowest BCUT2D eigenvalue weighted by atomic mass is 10.2. The molecular formula is C21H18Cl2N2OS. The van der Waals surface area contributed by atoms with E-state index in [-0.39, 0.29) is 18.3 Å². The Hall–Kier alpha value is -2.27. The fraction of sp³-hybridized carbons (Fsp3) is 0.0476. The minimum atomic E-state index is -0.198. The number of anilines is 1. The van der Waals surface area contributed by atoms with Gasteiger partial charge in [-0.25, -0.2) is 0 Å². The Bertz CT molecular complexity index is 917. The standard InChI is InChI=1S/C21H17ClN2OS.ClH/c22-18-9-2-1-7-16(18)12-13-21(25)24-19-10-3-4-11-20(19)26-15-17-8-5-6-14-23-17;/h1-14H,15H2,(H,24,25);1H/b13-12+;. The number of rotatable bonds is 6. The Balaban J connectivity index is 0.00000261. The van der Waals surface area contributed by atoms with E-state index < -0.39 is 0 Å². The Morgan fingerprint density at radius 2 is 1.78 bits per heavy atom. The van der Waals surface area contributed by atoms with E-state index in [4.69, 9.17) is 11.6 Å². The molecule has 6 heteroatoms. The molecule has 0 aliphatic rings. The number of halogens is 2. The molecule has 1 aromatic heterocycles. The average molecular weight is 417 g/mol. The molecule has 0 fully saturated rings. The molecule has 0 saturated heterocycles. The van der Waals surface area contributed by atoms with Crippen molar-refractivity contribution in [2.75, 3.05) is 5.32 Å². The molecule has 0 aliphatic heterocycles. The van der Waals surface area contributed by atoms with Crippen molar-refractivity contribution in [1.29, 1.82) is 0 Å². The van der Waals surface area contributed by atoms with Gasteiger partial charge in [0.1, 0.15) is 0 Å². The highest BCUT2D eigenvalue weighted by atomic mass is 35.5. The van der Waals surface area contributed by atoms with Crippen LogP contribution in [-0.2, 0) is 10.5 Å². The smallest absolute Gasteiger partial charge is 0.248 e. The molecule has 0 atom stereocenters. The van der Waals surface area contributed by atoms with Gasteiger partial charge in [0.05, 0.1) is 11.4 Å². The van der Waals surface area contributed by atoms with E-state index in [1.54, 1.807) is 30.1 Å². The van der Waals surface area contributed by atoms with Gasteiger partial charge in [-0.2, -0.15) is 0 Å². The van der Waals surface area contributed by atoms with Crippen molar-refractivity contribution < 1.29 is 4.79 Å². The molecule has 1 amide bonds. The lowest BCUT2D eigenvalue weighted by Gasteiger charge is -2.09. The van der Waals surface area contributed by atoms with Crippen LogP contribution in [0.5, 0.6) is 0 Å². The van der Waals surface area contributed by atoms with E-state index in [9.17, 15) is 4.79 Å². The number of carbonyl (C=O) groups is 1. The van der Waals surface area contributed by atoms with Gasteiger partial charge < -0.3 is 5.32 Å². The highest BCUT2D eigenvalue weighted by molar-refractivity contribution is 7.98. The zero-order chi connectivity index (χ0) is 18.2. The van der Waals surface area contributed by atoms with E-state index in [0.29, 0.717) is 5.02 Å². The molecule has 27 heavy (non-hydrogen) atoms. The van der Waals surface area contributed by atoms with Crippen molar-refractivity contribution in [2.45, 2.75) is 10.6 Å². The van der Waals surface area contributed by atoms with Crippen LogP contribution in [0.3, 0.4) is 0 Å². The minimum absolute atomic E-state index is 0. The summed E-state index contributed by atoms with van der Waals surface area (Å²) in [5.74, 6) is 0.541. The summed E-state index contributed by atoms with van der Waals surface area (Å²) >= 11 is 7.74. The van der Waals surface area contributed by atoms with Crippen LogP contribution in [0.15, 0.2) is 83.9 Å². The maximum Gasteiger partial charge on any atom is 0.248 e. The van der Waals surface area contributed by atoms with Crippen molar-refractivity contribution in [1.82, 2.24) is 4.98 Å². The molecule has 2 aromatic carbocycles. The summed E-state index contributed by atoms with van der Waals surface area (Å²) in [7, 11) is 0. The maximum atomic E-state index is 12.3. The quantitative estimate of drug-likeness (QED) is 0.389. The number of aromatic nitrogens is 1. The van der Waals surface area contributed by atoms with Crippen LogP contribution in [0.25, 0.3) is 6.08 Å². The molecule has 0 aliphatic carbocycles. The minimum Gasteiger partial charge on any atom is -0.321 e. The first-order valence-electron chi connectivity index (χ1n) is 8.08. The molecule has 0 spiro atoms. The first-order valence-corrected chi connectivity index (χ1v) is 9.44. The fourth-order valence-corrected chi connectivity index (χ4v) is 3.40.